The van der Waals surface area contributed by atoms with Gasteiger partial charge in [-0.15, -0.1) is 0 Å². The van der Waals surface area contributed by atoms with E-state index in [1.165, 1.54) is 0 Å². The summed E-state index contributed by atoms with van der Waals surface area (Å²) in [4.78, 5) is 11.8. The van der Waals surface area contributed by atoms with Crippen LogP contribution in [0.2, 0.25) is 0 Å². The molecule has 1 aliphatic rings. The van der Waals surface area contributed by atoms with Crippen molar-refractivity contribution in [1.82, 2.24) is 0 Å². The number of benzene rings is 1. The molecule has 1 aromatic rings. The zero-order chi connectivity index (χ0) is 14.0. The van der Waals surface area contributed by atoms with Crippen LogP contribution in [-0.4, -0.2) is 25.8 Å². The van der Waals surface area contributed by atoms with Gasteiger partial charge in [-0.25, -0.2) is 0 Å². The van der Waals surface area contributed by atoms with Gasteiger partial charge >= 0.3 is 5.97 Å². The molecule has 0 N–H and O–H groups in total. The van der Waals surface area contributed by atoms with Crippen LogP contribution in [0.1, 0.15) is 32.8 Å². The molecule has 0 radical (unpaired) electrons. The molecule has 0 saturated carbocycles. The fourth-order valence-corrected chi connectivity index (χ4v) is 2.61. The maximum atomic E-state index is 11.8. The van der Waals surface area contributed by atoms with Crippen molar-refractivity contribution in [3.8, 4) is 11.5 Å². The molecule has 4 heteroatoms. The van der Waals surface area contributed by atoms with Crippen LogP contribution < -0.4 is 9.47 Å². The highest BCUT2D eigenvalue weighted by Gasteiger charge is 2.46. The van der Waals surface area contributed by atoms with E-state index in [9.17, 15) is 4.79 Å². The van der Waals surface area contributed by atoms with Gasteiger partial charge in [-0.3, -0.25) is 4.79 Å². The molecular weight excluding hydrogens is 244 g/mol. The minimum atomic E-state index is -0.422. The predicted molar refractivity (Wildman–Crippen MR) is 71.7 cm³/mol. The van der Waals surface area contributed by atoms with Crippen LogP contribution in [0.3, 0.4) is 0 Å². The molecule has 19 heavy (non-hydrogen) atoms. The second-order valence-electron chi connectivity index (χ2n) is 4.99. The van der Waals surface area contributed by atoms with E-state index >= 15 is 0 Å². The normalized spacial score (nSPS) is 24.5. The number of methoxy groups -OCH3 is 1. The van der Waals surface area contributed by atoms with Crippen LogP contribution in [0.25, 0.3) is 0 Å². The topological polar surface area (TPSA) is 44.8 Å². The van der Waals surface area contributed by atoms with Crippen molar-refractivity contribution >= 4 is 5.97 Å². The summed E-state index contributed by atoms with van der Waals surface area (Å²) in [6.45, 7) is 6.19. The molecule has 0 saturated heterocycles. The summed E-state index contributed by atoms with van der Waals surface area (Å²) in [5.74, 6) is 1.34. The van der Waals surface area contributed by atoms with Crippen LogP contribution in [0.15, 0.2) is 18.2 Å². The number of ether oxygens (including phenoxy) is 3. The monoisotopic (exact) mass is 264 g/mol. The first-order valence-corrected chi connectivity index (χ1v) is 6.52. The van der Waals surface area contributed by atoms with Gasteiger partial charge in [0.15, 0.2) is 0 Å². The molecule has 0 amide bonds. The second-order valence-corrected chi connectivity index (χ2v) is 4.99. The summed E-state index contributed by atoms with van der Waals surface area (Å²) in [7, 11) is 1.63. The third-order valence-corrected chi connectivity index (χ3v) is 3.80. The van der Waals surface area contributed by atoms with E-state index in [4.69, 9.17) is 14.2 Å². The zero-order valence-electron chi connectivity index (χ0n) is 11.9. The van der Waals surface area contributed by atoms with E-state index < -0.39 is 5.41 Å². The number of hydrogen-bond acceptors (Lipinski definition) is 4. The van der Waals surface area contributed by atoms with Crippen molar-refractivity contribution in [2.45, 2.75) is 38.7 Å². The molecule has 0 spiro atoms. The van der Waals surface area contributed by atoms with Crippen LogP contribution in [-0.2, 0) is 14.9 Å². The molecule has 0 unspecified atom stereocenters. The largest absolute Gasteiger partial charge is 0.496 e. The molecule has 1 aliphatic heterocycles. The summed E-state index contributed by atoms with van der Waals surface area (Å²) in [6, 6.07) is 5.69. The van der Waals surface area contributed by atoms with E-state index in [1.54, 1.807) is 7.11 Å². The highest BCUT2D eigenvalue weighted by molar-refractivity contribution is 5.73. The molecule has 0 fully saturated rings. The summed E-state index contributed by atoms with van der Waals surface area (Å²) < 4.78 is 16.3. The minimum Gasteiger partial charge on any atom is -0.496 e. The molecule has 0 bridgehead atoms. The third-order valence-electron chi connectivity index (χ3n) is 3.80. The minimum absolute atomic E-state index is 0.0943. The number of carbonyl (C=O) groups is 1. The SMILES string of the molecule is CCOC(=O)C[C@@]1(C)c2c(OC)cccc2O[C@@H]1C. The van der Waals surface area contributed by atoms with Gasteiger partial charge in [-0.1, -0.05) is 13.0 Å². The lowest BCUT2D eigenvalue weighted by molar-refractivity contribution is -0.145. The average molecular weight is 264 g/mol. The van der Waals surface area contributed by atoms with E-state index in [-0.39, 0.29) is 18.5 Å². The summed E-state index contributed by atoms with van der Waals surface area (Å²) in [5, 5.41) is 0. The lowest BCUT2D eigenvalue weighted by Gasteiger charge is -2.27. The lowest BCUT2D eigenvalue weighted by atomic mass is 9.76. The van der Waals surface area contributed by atoms with Crippen molar-refractivity contribution in [1.29, 1.82) is 0 Å². The summed E-state index contributed by atoms with van der Waals surface area (Å²) >= 11 is 0. The summed E-state index contributed by atoms with van der Waals surface area (Å²) in [5.41, 5.74) is 0.534. The number of hydrogen-bond donors (Lipinski definition) is 0. The van der Waals surface area contributed by atoms with E-state index in [0.29, 0.717) is 6.61 Å². The molecule has 2 rings (SSSR count). The third kappa shape index (κ3) is 2.27. The Hall–Kier alpha value is -1.71. The number of esters is 1. The van der Waals surface area contributed by atoms with E-state index in [2.05, 4.69) is 0 Å². The first-order chi connectivity index (χ1) is 9.02. The van der Waals surface area contributed by atoms with Crippen LogP contribution in [0.4, 0.5) is 0 Å². The molecule has 1 heterocycles. The van der Waals surface area contributed by atoms with Gasteiger partial charge in [0.05, 0.1) is 20.1 Å². The van der Waals surface area contributed by atoms with Crippen LogP contribution in [0.5, 0.6) is 11.5 Å². The van der Waals surface area contributed by atoms with Crippen LogP contribution in [0, 0.1) is 0 Å². The van der Waals surface area contributed by atoms with E-state index in [0.717, 1.165) is 17.1 Å². The number of fused-ring (bicyclic) bond motifs is 1. The second kappa shape index (κ2) is 5.11. The van der Waals surface area contributed by atoms with Gasteiger partial charge in [-0.2, -0.15) is 0 Å². The van der Waals surface area contributed by atoms with Gasteiger partial charge in [0.25, 0.3) is 0 Å². The quantitative estimate of drug-likeness (QED) is 0.784. The van der Waals surface area contributed by atoms with Crippen molar-refractivity contribution in [2.24, 2.45) is 0 Å². The van der Waals surface area contributed by atoms with Gasteiger partial charge in [0.2, 0.25) is 0 Å². The Morgan fingerprint density at radius 3 is 2.84 bits per heavy atom. The fraction of sp³-hybridized carbons (Fsp3) is 0.533. The van der Waals surface area contributed by atoms with Gasteiger partial charge in [0.1, 0.15) is 17.6 Å². The molecular formula is C15H20O4. The number of rotatable bonds is 4. The highest BCUT2D eigenvalue weighted by atomic mass is 16.5. The molecule has 0 aliphatic carbocycles. The molecule has 4 nitrogen and oxygen atoms in total. The van der Waals surface area contributed by atoms with Gasteiger partial charge in [0, 0.05) is 11.0 Å². The van der Waals surface area contributed by atoms with Crippen molar-refractivity contribution < 1.29 is 19.0 Å². The van der Waals surface area contributed by atoms with Gasteiger partial charge < -0.3 is 14.2 Å². The standard InChI is InChI=1S/C15H20O4/c1-5-18-13(16)9-15(3)10(2)19-12-8-6-7-11(17-4)14(12)15/h6-8,10H,5,9H2,1-4H3/t10-,15-/m1/s1. The Balaban J connectivity index is 2.39. The first kappa shape index (κ1) is 13.7. The molecule has 2 atom stereocenters. The zero-order valence-corrected chi connectivity index (χ0v) is 11.9. The van der Waals surface area contributed by atoms with Gasteiger partial charge in [-0.05, 0) is 26.0 Å². The van der Waals surface area contributed by atoms with Crippen molar-refractivity contribution in [2.75, 3.05) is 13.7 Å². The number of carbonyl (C=O) groups excluding carboxylic acids is 1. The maximum absolute atomic E-state index is 11.8. The smallest absolute Gasteiger partial charge is 0.306 e. The Morgan fingerprint density at radius 1 is 1.47 bits per heavy atom. The van der Waals surface area contributed by atoms with E-state index in [1.807, 2.05) is 39.0 Å². The van der Waals surface area contributed by atoms with Crippen molar-refractivity contribution in [3.63, 3.8) is 0 Å². The fourth-order valence-electron chi connectivity index (χ4n) is 2.61. The Labute approximate surface area is 113 Å². The molecule has 0 aromatic heterocycles. The van der Waals surface area contributed by atoms with Crippen molar-refractivity contribution in [3.05, 3.63) is 23.8 Å². The Kier molecular flexibility index (Phi) is 3.69. The summed E-state index contributed by atoms with van der Waals surface area (Å²) in [6.07, 6.45) is 0.193. The average Bonchev–Trinajstić information content (AvgIpc) is 2.61. The Bertz CT molecular complexity index is 483. The maximum Gasteiger partial charge on any atom is 0.306 e. The molecule has 104 valence electrons. The van der Waals surface area contributed by atoms with Crippen LogP contribution >= 0.6 is 0 Å². The lowest BCUT2D eigenvalue weighted by Crippen LogP contribution is -2.36. The first-order valence-electron chi connectivity index (χ1n) is 6.52. The predicted octanol–water partition coefficient (Wildman–Crippen LogP) is 2.69. The Morgan fingerprint density at radius 2 is 2.21 bits per heavy atom. The molecule has 1 aromatic carbocycles. The highest BCUT2D eigenvalue weighted by Crippen LogP contribution is 2.49.